The van der Waals surface area contributed by atoms with Gasteiger partial charge in [-0.1, -0.05) is 0 Å². The van der Waals surface area contributed by atoms with Crippen LogP contribution < -0.4 is 0 Å². The second kappa shape index (κ2) is 7.43. The number of ether oxygens (including phenoxy) is 1. The highest BCUT2D eigenvalue weighted by Crippen LogP contribution is 1.90. The molecular weight excluding hydrogens is 220 g/mol. The topological polar surface area (TPSA) is 99.0 Å². The van der Waals surface area contributed by atoms with Crippen LogP contribution in [-0.2, 0) is 19.2 Å². The quantitative estimate of drug-likeness (QED) is 0.257. The predicted molar refractivity (Wildman–Crippen MR) is 51.8 cm³/mol. The molecule has 0 radical (unpaired) electrons. The molecule has 0 atom stereocenters. The molecule has 0 aromatic rings. The molecule has 92 valence electrons. The first kappa shape index (κ1) is 14.1. The maximum atomic E-state index is 11.1. The first-order valence-corrected chi connectivity index (χ1v) is 4.58. The summed E-state index contributed by atoms with van der Waals surface area (Å²) in [6, 6.07) is 0. The zero-order chi connectivity index (χ0) is 12.6. The summed E-state index contributed by atoms with van der Waals surface area (Å²) < 4.78 is 4.71. The van der Waals surface area contributed by atoms with Gasteiger partial charge in [-0.05, 0) is 0 Å². The molecule has 0 spiro atoms. The lowest BCUT2D eigenvalue weighted by Crippen LogP contribution is -2.31. The lowest BCUT2D eigenvalue weighted by Gasteiger charge is -2.13. The van der Waals surface area contributed by atoms with Gasteiger partial charge in [0.25, 0.3) is 5.09 Å². The molecule has 16 heavy (non-hydrogen) atoms. The van der Waals surface area contributed by atoms with Gasteiger partial charge in [0, 0.05) is 20.4 Å². The molecule has 1 amide bonds. The van der Waals surface area contributed by atoms with Crippen LogP contribution in [0.2, 0.25) is 0 Å². The van der Waals surface area contributed by atoms with Crippen LogP contribution in [0.25, 0.3) is 0 Å². The molecule has 8 heteroatoms. The number of hydrogen-bond acceptors (Lipinski definition) is 6. The normalized spacial score (nSPS) is 9.38. The van der Waals surface area contributed by atoms with Gasteiger partial charge in [0.05, 0.1) is 13.2 Å². The zero-order valence-corrected chi connectivity index (χ0v) is 9.17. The molecule has 0 unspecified atom stereocenters. The van der Waals surface area contributed by atoms with E-state index in [1.165, 1.54) is 18.9 Å². The molecule has 0 aliphatic carbocycles. The first-order valence-electron chi connectivity index (χ1n) is 4.58. The van der Waals surface area contributed by atoms with Crippen LogP contribution in [0, 0.1) is 10.1 Å². The highest BCUT2D eigenvalue weighted by atomic mass is 16.9. The fraction of sp³-hybridized carbons (Fsp3) is 0.750. The van der Waals surface area contributed by atoms with Crippen molar-refractivity contribution in [3.05, 3.63) is 10.1 Å². The molecule has 0 aromatic heterocycles. The third-order valence-corrected chi connectivity index (χ3v) is 1.65. The minimum Gasteiger partial charge on any atom is -0.464 e. The van der Waals surface area contributed by atoms with E-state index in [9.17, 15) is 19.7 Å². The van der Waals surface area contributed by atoms with Crippen molar-refractivity contribution >= 4 is 11.9 Å². The number of amides is 1. The van der Waals surface area contributed by atoms with E-state index in [0.717, 1.165) is 0 Å². The van der Waals surface area contributed by atoms with Crippen molar-refractivity contribution in [1.29, 1.82) is 0 Å². The van der Waals surface area contributed by atoms with Crippen molar-refractivity contribution in [3.63, 3.8) is 0 Å². The Kier molecular flexibility index (Phi) is 6.57. The van der Waals surface area contributed by atoms with Crippen molar-refractivity contribution in [2.75, 3.05) is 26.8 Å². The Hall–Kier alpha value is -1.86. The third-order valence-electron chi connectivity index (χ3n) is 1.65. The highest BCUT2D eigenvalue weighted by molar-refractivity contribution is 5.80. The number of carbonyl (C=O) groups is 2. The van der Waals surface area contributed by atoms with E-state index >= 15 is 0 Å². The number of likely N-dealkylation sites (N-methyl/N-ethyl adjacent to an activating group) is 1. The molecule has 0 aromatic carbocycles. The van der Waals surface area contributed by atoms with Gasteiger partial charge >= 0.3 is 5.97 Å². The summed E-state index contributed by atoms with van der Waals surface area (Å²) >= 11 is 0. The van der Waals surface area contributed by atoms with Gasteiger partial charge in [-0.15, -0.1) is 10.1 Å². The minimum atomic E-state index is -0.911. The third kappa shape index (κ3) is 7.54. The van der Waals surface area contributed by atoms with Crippen LogP contribution in [0.1, 0.15) is 13.3 Å². The zero-order valence-electron chi connectivity index (χ0n) is 9.17. The number of esters is 1. The van der Waals surface area contributed by atoms with Gasteiger partial charge in [-0.2, -0.15) is 0 Å². The van der Waals surface area contributed by atoms with Crippen LogP contribution in [-0.4, -0.2) is 48.7 Å². The Bertz CT molecular complexity index is 267. The van der Waals surface area contributed by atoms with E-state index in [2.05, 4.69) is 4.84 Å². The molecule has 8 nitrogen and oxygen atoms in total. The Morgan fingerprint density at radius 1 is 1.38 bits per heavy atom. The molecule has 0 aliphatic heterocycles. The summed E-state index contributed by atoms with van der Waals surface area (Å²) in [4.78, 5) is 36.8. The second-order valence-corrected chi connectivity index (χ2v) is 3.01. The molecular formula is C8H14N2O6. The smallest absolute Gasteiger partial charge is 0.325 e. The second-order valence-electron chi connectivity index (χ2n) is 3.01. The molecule has 0 N–H and O–H groups in total. The lowest BCUT2D eigenvalue weighted by atomic mass is 10.5. The number of hydrogen-bond donors (Lipinski definition) is 0. The van der Waals surface area contributed by atoms with Gasteiger partial charge < -0.3 is 14.5 Å². The monoisotopic (exact) mass is 234 g/mol. The van der Waals surface area contributed by atoms with Crippen LogP contribution >= 0.6 is 0 Å². The van der Waals surface area contributed by atoms with Crippen molar-refractivity contribution in [2.24, 2.45) is 0 Å². The number of nitrogens with zero attached hydrogens (tertiary/aromatic N) is 2. The Labute approximate surface area is 92.2 Å². The minimum absolute atomic E-state index is 0.0262. The van der Waals surface area contributed by atoms with Crippen molar-refractivity contribution in [3.8, 4) is 0 Å². The van der Waals surface area contributed by atoms with Crippen LogP contribution in [0.15, 0.2) is 0 Å². The summed E-state index contributed by atoms with van der Waals surface area (Å²) in [5, 5.41) is 8.84. The summed E-state index contributed by atoms with van der Waals surface area (Å²) in [7, 11) is 1.47. The summed E-state index contributed by atoms with van der Waals surface area (Å²) in [5.41, 5.74) is 0. The van der Waals surface area contributed by atoms with Crippen molar-refractivity contribution in [1.82, 2.24) is 4.90 Å². The van der Waals surface area contributed by atoms with E-state index < -0.39 is 11.1 Å². The van der Waals surface area contributed by atoms with E-state index in [1.807, 2.05) is 0 Å². The molecule has 0 fully saturated rings. The van der Waals surface area contributed by atoms with Crippen LogP contribution in [0.4, 0.5) is 0 Å². The van der Waals surface area contributed by atoms with E-state index in [1.54, 1.807) is 0 Å². The summed E-state index contributed by atoms with van der Waals surface area (Å²) in [5.74, 6) is -0.799. The standard InChI is InChI=1S/C8H14N2O6/c1-7(11)9(2)6-8(12)15-4-3-5-16-10(13)14/h3-6H2,1-2H3. The van der Waals surface area contributed by atoms with Crippen LogP contribution in [0.5, 0.6) is 0 Å². The Balaban J connectivity index is 3.51. The van der Waals surface area contributed by atoms with Gasteiger partial charge in [0.15, 0.2) is 0 Å². The maximum Gasteiger partial charge on any atom is 0.325 e. The Morgan fingerprint density at radius 3 is 2.50 bits per heavy atom. The largest absolute Gasteiger partial charge is 0.464 e. The molecule has 0 saturated carbocycles. The fourth-order valence-corrected chi connectivity index (χ4v) is 0.735. The molecule has 0 aliphatic rings. The summed E-state index contributed by atoms with van der Waals surface area (Å²) in [6.07, 6.45) is 0.233. The SMILES string of the molecule is CC(=O)N(C)CC(=O)OCCCO[N+](=O)[O-]. The average Bonchev–Trinajstić information content (AvgIpc) is 2.16. The molecule has 0 saturated heterocycles. The van der Waals surface area contributed by atoms with Gasteiger partial charge in [0.2, 0.25) is 5.91 Å². The first-order chi connectivity index (χ1) is 7.43. The fourth-order valence-electron chi connectivity index (χ4n) is 0.735. The predicted octanol–water partition coefficient (Wildman–Crippen LogP) is -0.394. The molecule has 0 bridgehead atoms. The molecule has 0 heterocycles. The summed E-state index contributed by atoms with van der Waals surface area (Å²) in [6.45, 7) is 1.10. The van der Waals surface area contributed by atoms with Crippen molar-refractivity contribution in [2.45, 2.75) is 13.3 Å². The number of carbonyl (C=O) groups excluding carboxylic acids is 2. The van der Waals surface area contributed by atoms with Crippen molar-refractivity contribution < 1.29 is 24.3 Å². The van der Waals surface area contributed by atoms with E-state index in [0.29, 0.717) is 0 Å². The maximum absolute atomic E-state index is 11.1. The van der Waals surface area contributed by atoms with Gasteiger partial charge in [-0.3, -0.25) is 9.59 Å². The average molecular weight is 234 g/mol. The highest BCUT2D eigenvalue weighted by Gasteiger charge is 2.09. The van der Waals surface area contributed by atoms with Crippen LogP contribution in [0.3, 0.4) is 0 Å². The lowest BCUT2D eigenvalue weighted by molar-refractivity contribution is -0.757. The van der Waals surface area contributed by atoms with Gasteiger partial charge in [-0.25, -0.2) is 0 Å². The van der Waals surface area contributed by atoms with Gasteiger partial charge in [0.1, 0.15) is 6.54 Å². The number of rotatable bonds is 7. The van der Waals surface area contributed by atoms with E-state index in [-0.39, 0.29) is 32.1 Å². The molecule has 0 rings (SSSR count). The Morgan fingerprint density at radius 2 is 2.00 bits per heavy atom. The van der Waals surface area contributed by atoms with E-state index in [4.69, 9.17) is 4.74 Å².